The van der Waals surface area contributed by atoms with Gasteiger partial charge in [0.05, 0.1) is 175 Å². The number of methoxy groups -OCH3 is 1. The van der Waals surface area contributed by atoms with Gasteiger partial charge in [-0.15, -0.1) is 0 Å². The minimum Gasteiger partial charge on any atom is -0.456 e. The molecule has 1 fully saturated rings. The van der Waals surface area contributed by atoms with Crippen LogP contribution in [0.4, 0.5) is 0 Å². The van der Waals surface area contributed by atoms with Crippen LogP contribution in [-0.2, 0) is 98.3 Å². The molecule has 506 valence electrons. The Bertz CT molecular complexity index is 3080. The number of rotatable bonds is 47. The number of nitrogens with one attached hydrogen (secondary N) is 1. The van der Waals surface area contributed by atoms with Crippen molar-refractivity contribution in [2.45, 2.75) is 108 Å². The quantitative estimate of drug-likeness (QED) is 0.0488. The predicted molar refractivity (Wildman–Crippen MR) is 338 cm³/mol. The van der Waals surface area contributed by atoms with Gasteiger partial charge in [-0.25, -0.2) is 13.4 Å². The van der Waals surface area contributed by atoms with Gasteiger partial charge < -0.3 is 66.5 Å². The van der Waals surface area contributed by atoms with Crippen LogP contribution in [0.5, 0.6) is 11.5 Å². The fourth-order valence-electron chi connectivity index (χ4n) is 11.3. The number of Topliss-reactive ketones (excluding diaryl/α,β-unsaturated/α-hetero) is 1. The van der Waals surface area contributed by atoms with Gasteiger partial charge in [0.25, 0.3) is 5.91 Å². The van der Waals surface area contributed by atoms with E-state index in [2.05, 4.69) is 64.7 Å². The van der Waals surface area contributed by atoms with E-state index in [-0.39, 0.29) is 90.8 Å². The Morgan fingerprint density at radius 1 is 0.582 bits per heavy atom. The van der Waals surface area contributed by atoms with Crippen LogP contribution in [0.3, 0.4) is 0 Å². The van der Waals surface area contributed by atoms with Crippen LogP contribution in [0.15, 0.2) is 47.4 Å². The predicted octanol–water partition coefficient (Wildman–Crippen LogP) is 3.84. The molecule has 1 N–H and O–H groups in total. The second kappa shape index (κ2) is 37.1. The Labute approximate surface area is 537 Å². The second-order valence-electron chi connectivity index (χ2n) is 24.5. The molecule has 0 bridgehead atoms. The van der Waals surface area contributed by atoms with Gasteiger partial charge >= 0.3 is 0 Å². The van der Waals surface area contributed by atoms with E-state index >= 15 is 4.79 Å². The normalized spacial score (nSPS) is 17.1. The highest BCUT2D eigenvalue weighted by atomic mass is 32.2. The summed E-state index contributed by atoms with van der Waals surface area (Å²) < 4.78 is 100. The fourth-order valence-corrected chi connectivity index (χ4v) is 12.0. The molecule has 22 nitrogen and oxygen atoms in total. The molecule has 4 aliphatic rings. The van der Waals surface area contributed by atoms with Crippen molar-refractivity contribution in [3.8, 4) is 11.5 Å². The summed E-state index contributed by atoms with van der Waals surface area (Å²) in [6.07, 6.45) is 4.12. The van der Waals surface area contributed by atoms with Crippen molar-refractivity contribution in [3.63, 3.8) is 0 Å². The molecule has 3 aromatic rings. The van der Waals surface area contributed by atoms with E-state index < -0.39 is 9.84 Å². The van der Waals surface area contributed by atoms with Gasteiger partial charge in [0.2, 0.25) is 17.2 Å². The number of fused-ring (bicyclic) bond motifs is 4. The van der Waals surface area contributed by atoms with Crippen molar-refractivity contribution in [1.82, 2.24) is 9.80 Å². The molecule has 0 aromatic heterocycles. The average Bonchev–Trinajstić information content (AvgIpc) is 1.73. The maximum atomic E-state index is 15.5. The highest BCUT2D eigenvalue weighted by Gasteiger charge is 2.42. The van der Waals surface area contributed by atoms with Crippen LogP contribution in [-0.4, -0.2) is 233 Å². The molecule has 2 atom stereocenters. The summed E-state index contributed by atoms with van der Waals surface area (Å²) in [5.74, 6) is 0.453. The van der Waals surface area contributed by atoms with Crippen molar-refractivity contribution in [2.75, 3.05) is 185 Å². The summed E-state index contributed by atoms with van der Waals surface area (Å²) in [6, 6.07) is 13.4. The molecule has 0 saturated carbocycles. The molecule has 3 amide bonds. The number of likely N-dealkylation sites (tertiary alicyclic amines) is 1. The van der Waals surface area contributed by atoms with E-state index in [1.165, 1.54) is 23.4 Å². The van der Waals surface area contributed by atoms with Crippen LogP contribution < -0.4 is 20.3 Å². The number of carbonyl (C=O) groups excluding carboxylic acids is 4. The van der Waals surface area contributed by atoms with Crippen molar-refractivity contribution in [2.24, 2.45) is 5.92 Å². The first-order chi connectivity index (χ1) is 43.8. The third kappa shape index (κ3) is 21.7. The van der Waals surface area contributed by atoms with E-state index in [0.717, 1.165) is 38.6 Å². The summed E-state index contributed by atoms with van der Waals surface area (Å²) in [5, 5.41) is 1.73. The monoisotopic (exact) mass is 1290 g/mol. The number of nitrogens with zero attached hydrogens (tertiary/aromatic N) is 2. The number of ether oxygens (including phenoxy) is 13. The number of sulfone groups is 1. The maximum Gasteiger partial charge on any atom is 0.254 e. The summed E-state index contributed by atoms with van der Waals surface area (Å²) >= 11 is 0. The number of hydrogen-bond donors (Lipinski definition) is 1. The lowest BCUT2D eigenvalue weighted by Crippen LogP contribution is -2.80. The van der Waals surface area contributed by atoms with Crippen LogP contribution in [0.25, 0.3) is 5.57 Å². The zero-order chi connectivity index (χ0) is 65.2. The van der Waals surface area contributed by atoms with Crippen molar-refractivity contribution < 1.29 is 94.2 Å². The molecule has 3 heterocycles. The fraction of sp³-hybridized carbons (Fsp3) is 0.662. The molecular formula is C68H100N3O19S+. The average molecular weight is 1300 g/mol. The molecular weight excluding hydrogens is 1190 g/mol. The van der Waals surface area contributed by atoms with Gasteiger partial charge in [0.15, 0.2) is 21.7 Å². The smallest absolute Gasteiger partial charge is 0.254 e. The van der Waals surface area contributed by atoms with Gasteiger partial charge in [-0.3, -0.25) is 24.1 Å². The van der Waals surface area contributed by atoms with Crippen LogP contribution >= 0.6 is 0 Å². The van der Waals surface area contributed by atoms with E-state index in [1.54, 1.807) is 24.1 Å². The number of carbonyl (C=O) groups is 4. The van der Waals surface area contributed by atoms with Crippen molar-refractivity contribution >= 4 is 38.9 Å². The molecule has 1 aliphatic carbocycles. The lowest BCUT2D eigenvalue weighted by atomic mass is 9.77. The largest absolute Gasteiger partial charge is 0.456 e. The van der Waals surface area contributed by atoms with E-state index in [4.69, 9.17) is 61.6 Å². The van der Waals surface area contributed by atoms with Gasteiger partial charge in [-0.05, 0) is 104 Å². The Morgan fingerprint density at radius 2 is 1.08 bits per heavy atom. The minimum atomic E-state index is -3.75. The summed E-state index contributed by atoms with van der Waals surface area (Å²) in [7, 11) is -2.11. The number of unbranched alkanes of at least 4 members (excludes halogenated alkanes) is 2. The second-order valence-corrected chi connectivity index (χ2v) is 26.5. The first-order valence-electron chi connectivity index (χ1n) is 32.3. The number of hydrogen-bond acceptors (Lipinski definition) is 19. The lowest BCUT2D eigenvalue weighted by molar-refractivity contribution is -0.537. The Hall–Kier alpha value is -5.12. The minimum absolute atomic E-state index is 0.0787. The zero-order valence-electron chi connectivity index (χ0n) is 55.1. The third-order valence-electron chi connectivity index (χ3n) is 17.4. The molecule has 2 unspecified atom stereocenters. The first-order valence-corrected chi connectivity index (χ1v) is 34.2. The molecule has 7 rings (SSSR count). The van der Waals surface area contributed by atoms with Crippen LogP contribution in [0.1, 0.15) is 118 Å². The molecule has 91 heavy (non-hydrogen) atoms. The highest BCUT2D eigenvalue weighted by Crippen LogP contribution is 2.48. The Morgan fingerprint density at radius 3 is 1.57 bits per heavy atom. The van der Waals surface area contributed by atoms with Gasteiger partial charge in [-0.1, -0.05) is 27.2 Å². The SMILES string of the molecule is COCCOCCOCCOCCOCCOCCOCCOCCOCCOCCOCCOCCN(CCCCCC(=O)CN1C(=O)CCC1=O)C(=O)c1ccc(S(C)(=O)=O)cc1C1=c2cc3c(cc2Oc2cc4c(cc21)C(C)(C)C(C)C4)=[NH+]C(C)C3(C)C. The third-order valence-corrected chi connectivity index (χ3v) is 18.5. The molecule has 0 radical (unpaired) electrons. The number of amides is 3. The molecule has 3 aromatic carbocycles. The number of ketones is 1. The zero-order valence-corrected chi connectivity index (χ0v) is 55.9. The number of imide groups is 1. The summed E-state index contributed by atoms with van der Waals surface area (Å²) in [4.78, 5) is 59.3. The van der Waals surface area contributed by atoms with E-state index in [9.17, 15) is 22.8 Å². The maximum absolute atomic E-state index is 15.5. The van der Waals surface area contributed by atoms with E-state index in [1.807, 2.05) is 6.07 Å². The van der Waals surface area contributed by atoms with Crippen molar-refractivity contribution in [3.05, 3.63) is 86.4 Å². The topological polar surface area (TPSA) is 243 Å². The van der Waals surface area contributed by atoms with Gasteiger partial charge in [0, 0.05) is 73.2 Å². The summed E-state index contributed by atoms with van der Waals surface area (Å²) in [6.45, 7) is 23.6. The first kappa shape index (κ1) is 73.3. The van der Waals surface area contributed by atoms with E-state index in [0.29, 0.717) is 193 Å². The molecule has 3 aliphatic heterocycles. The van der Waals surface area contributed by atoms with Crippen molar-refractivity contribution in [1.29, 1.82) is 0 Å². The Balaban J connectivity index is 0.855. The van der Waals surface area contributed by atoms with Gasteiger partial charge in [0.1, 0.15) is 11.5 Å². The van der Waals surface area contributed by atoms with Gasteiger partial charge in [-0.2, -0.15) is 0 Å². The van der Waals surface area contributed by atoms with Crippen LogP contribution in [0, 0.1) is 5.92 Å². The molecule has 23 heteroatoms. The molecule has 1 saturated heterocycles. The van der Waals surface area contributed by atoms with Crippen LogP contribution in [0.2, 0.25) is 0 Å². The summed E-state index contributed by atoms with van der Waals surface area (Å²) in [5.41, 5.74) is 5.35. The standard InChI is InChI=1S/C68H99N3O19S/c1-49-42-51-43-61-56(45-58(51)67(49,3)4)65(57-46-59-60(47-62(57)90-61)69-50(2)68(59,5)6)55-44-53(91(8,76)77)13-14-54(55)66(75)70(17-11-9-10-12-52(72)48-71-63(73)15-16-64(71)74)18-19-79-22-23-81-26-27-83-30-31-85-34-35-87-38-39-89-41-40-88-37-36-86-33-32-84-29-28-82-25-24-80-21-20-78-7/h13-14,43-47,49-50H,9-12,15-42,48H2,1-8H3/p+1. The highest BCUT2D eigenvalue weighted by molar-refractivity contribution is 7.90. The Kier molecular flexibility index (Phi) is 29.9. The lowest BCUT2D eigenvalue weighted by Gasteiger charge is -2.29. The number of benzene rings is 3. The molecule has 0 spiro atoms.